The minimum absolute atomic E-state index is 0.0515. The average molecular weight is 511 g/mol. The average Bonchev–Trinajstić information content (AvgIpc) is 3.08. The number of benzene rings is 1. The lowest BCUT2D eigenvalue weighted by Crippen LogP contribution is -2.39. The molecule has 5 rings (SSSR count). The summed E-state index contributed by atoms with van der Waals surface area (Å²) in [7, 11) is 0. The van der Waals surface area contributed by atoms with Crippen LogP contribution in [0.4, 0.5) is 22.0 Å². The van der Waals surface area contributed by atoms with Gasteiger partial charge in [0.15, 0.2) is 0 Å². The first-order chi connectivity index (χ1) is 15.0. The van der Waals surface area contributed by atoms with E-state index in [0.717, 1.165) is 23.9 Å². The molecule has 4 nitrogen and oxygen atoms in total. The summed E-state index contributed by atoms with van der Waals surface area (Å²) in [6, 6.07) is 5.15. The van der Waals surface area contributed by atoms with Gasteiger partial charge in [0.25, 0.3) is 0 Å². The van der Waals surface area contributed by atoms with Gasteiger partial charge < -0.3 is 0 Å². The summed E-state index contributed by atoms with van der Waals surface area (Å²) in [6.07, 6.45) is -2.40. The molecule has 0 spiro atoms. The number of aromatic nitrogens is 4. The van der Waals surface area contributed by atoms with Gasteiger partial charge in [0.05, 0.1) is 32.5 Å². The standard InChI is InChI=1S/C22H16BrF5N4/c1-20(2)11-6-7-21(20,18-12(23)9-29-19(30-18)22(26,27)28)17-10(11)8-15(31-32-17)16-13(24)4-3-5-14(16)25/h3-5,8-9,11H,6-7H2,1-2H3/t11-,21+/m0/s1. The Morgan fingerprint density at radius 3 is 2.41 bits per heavy atom. The Morgan fingerprint density at radius 1 is 1.06 bits per heavy atom. The Bertz CT molecular complexity index is 1240. The molecule has 2 aliphatic rings. The van der Waals surface area contributed by atoms with Crippen molar-refractivity contribution >= 4 is 15.9 Å². The van der Waals surface area contributed by atoms with Crippen molar-refractivity contribution in [1.82, 2.24) is 20.2 Å². The molecule has 2 bridgehead atoms. The zero-order valence-corrected chi connectivity index (χ0v) is 18.5. The summed E-state index contributed by atoms with van der Waals surface area (Å²) in [6.45, 7) is 3.91. The molecule has 0 unspecified atom stereocenters. The van der Waals surface area contributed by atoms with Crippen LogP contribution in [0.1, 0.15) is 55.4 Å². The Hall–Kier alpha value is -2.49. The van der Waals surface area contributed by atoms with Crippen LogP contribution in [0.5, 0.6) is 0 Å². The smallest absolute Gasteiger partial charge is 0.232 e. The van der Waals surface area contributed by atoms with Gasteiger partial charge in [0.2, 0.25) is 5.82 Å². The van der Waals surface area contributed by atoms with Crippen molar-refractivity contribution in [3.05, 3.63) is 69.3 Å². The Balaban J connectivity index is 1.74. The van der Waals surface area contributed by atoms with Crippen LogP contribution in [-0.2, 0) is 11.6 Å². The van der Waals surface area contributed by atoms with E-state index in [4.69, 9.17) is 0 Å². The quantitative estimate of drug-likeness (QED) is 0.385. The maximum atomic E-state index is 14.3. The van der Waals surface area contributed by atoms with E-state index in [-0.39, 0.29) is 22.9 Å². The van der Waals surface area contributed by atoms with E-state index in [1.165, 1.54) is 6.07 Å². The van der Waals surface area contributed by atoms with Crippen LogP contribution in [0.2, 0.25) is 0 Å². The first kappa shape index (κ1) is 21.4. The molecule has 2 aromatic heterocycles. The summed E-state index contributed by atoms with van der Waals surface area (Å²) in [5.41, 5.74) is -0.315. The minimum Gasteiger partial charge on any atom is -0.232 e. The van der Waals surface area contributed by atoms with E-state index in [0.29, 0.717) is 23.0 Å². The number of fused-ring (bicyclic) bond motifs is 5. The van der Waals surface area contributed by atoms with Crippen molar-refractivity contribution in [3.8, 4) is 11.3 Å². The van der Waals surface area contributed by atoms with Gasteiger partial charge in [0, 0.05) is 6.20 Å². The normalized spacial score (nSPS) is 23.4. The molecule has 10 heteroatoms. The molecule has 0 N–H and O–H groups in total. The summed E-state index contributed by atoms with van der Waals surface area (Å²) in [5.74, 6) is -2.83. The lowest BCUT2D eigenvalue weighted by atomic mass is 9.66. The van der Waals surface area contributed by atoms with Crippen molar-refractivity contribution in [3.63, 3.8) is 0 Å². The summed E-state index contributed by atoms with van der Waals surface area (Å²) >= 11 is 3.34. The van der Waals surface area contributed by atoms with Crippen molar-refractivity contribution in [2.75, 3.05) is 0 Å². The molecule has 1 saturated carbocycles. The zero-order valence-electron chi connectivity index (χ0n) is 16.9. The van der Waals surface area contributed by atoms with Crippen LogP contribution < -0.4 is 0 Å². The van der Waals surface area contributed by atoms with Crippen molar-refractivity contribution in [2.45, 2.75) is 44.2 Å². The first-order valence-corrected chi connectivity index (χ1v) is 10.7. The summed E-state index contributed by atoms with van der Waals surface area (Å²) < 4.78 is 69.2. The maximum absolute atomic E-state index is 14.3. The van der Waals surface area contributed by atoms with Gasteiger partial charge in [-0.1, -0.05) is 19.9 Å². The van der Waals surface area contributed by atoms with Crippen LogP contribution >= 0.6 is 15.9 Å². The van der Waals surface area contributed by atoms with Crippen LogP contribution in [0.3, 0.4) is 0 Å². The molecule has 0 amide bonds. The predicted molar refractivity (Wildman–Crippen MR) is 109 cm³/mol. The fourth-order valence-corrected chi connectivity index (χ4v) is 6.05. The molecule has 0 radical (unpaired) electrons. The number of rotatable bonds is 2. The molecule has 2 atom stereocenters. The van der Waals surface area contributed by atoms with Gasteiger partial charge in [0.1, 0.15) is 11.6 Å². The van der Waals surface area contributed by atoms with E-state index in [1.807, 2.05) is 13.8 Å². The largest absolute Gasteiger partial charge is 0.451 e. The second-order valence-electron chi connectivity index (χ2n) is 8.74. The van der Waals surface area contributed by atoms with Crippen molar-refractivity contribution < 1.29 is 22.0 Å². The van der Waals surface area contributed by atoms with Crippen LogP contribution in [0, 0.1) is 17.0 Å². The molecule has 2 aliphatic carbocycles. The molecule has 2 heterocycles. The third-order valence-corrected chi connectivity index (χ3v) is 7.58. The topological polar surface area (TPSA) is 51.6 Å². The van der Waals surface area contributed by atoms with Gasteiger partial charge >= 0.3 is 6.18 Å². The van der Waals surface area contributed by atoms with Gasteiger partial charge in [-0.3, -0.25) is 0 Å². The van der Waals surface area contributed by atoms with E-state index in [9.17, 15) is 22.0 Å². The fraction of sp³-hybridized carbons (Fsp3) is 0.364. The Kier molecular flexibility index (Phi) is 4.51. The number of hydrogen-bond donors (Lipinski definition) is 0. The number of hydrogen-bond acceptors (Lipinski definition) is 4. The van der Waals surface area contributed by atoms with Crippen LogP contribution in [-0.4, -0.2) is 20.2 Å². The number of alkyl halides is 3. The molecule has 0 saturated heterocycles. The molecule has 1 aromatic carbocycles. The number of nitrogens with zero attached hydrogens (tertiary/aromatic N) is 4. The second-order valence-corrected chi connectivity index (χ2v) is 9.59. The van der Waals surface area contributed by atoms with Gasteiger partial charge in [-0.25, -0.2) is 18.7 Å². The number of halogens is 6. The van der Waals surface area contributed by atoms with Crippen LogP contribution in [0.25, 0.3) is 11.3 Å². The maximum Gasteiger partial charge on any atom is 0.451 e. The highest BCUT2D eigenvalue weighted by molar-refractivity contribution is 9.10. The molecular weight excluding hydrogens is 495 g/mol. The van der Waals surface area contributed by atoms with Crippen molar-refractivity contribution in [1.29, 1.82) is 0 Å². The Morgan fingerprint density at radius 2 is 1.75 bits per heavy atom. The fourth-order valence-electron chi connectivity index (χ4n) is 5.52. The van der Waals surface area contributed by atoms with E-state index in [1.54, 1.807) is 6.07 Å². The molecule has 0 aliphatic heterocycles. The van der Waals surface area contributed by atoms with E-state index < -0.39 is 34.5 Å². The minimum atomic E-state index is -4.70. The van der Waals surface area contributed by atoms with Crippen LogP contribution in [0.15, 0.2) is 34.9 Å². The van der Waals surface area contributed by atoms with Gasteiger partial charge in [-0.15, -0.1) is 5.10 Å². The highest BCUT2D eigenvalue weighted by Crippen LogP contribution is 2.70. The lowest BCUT2D eigenvalue weighted by Gasteiger charge is -2.38. The summed E-state index contributed by atoms with van der Waals surface area (Å²) in [4.78, 5) is 7.36. The second kappa shape index (κ2) is 6.76. The highest BCUT2D eigenvalue weighted by atomic mass is 79.9. The highest BCUT2D eigenvalue weighted by Gasteiger charge is 2.65. The predicted octanol–water partition coefficient (Wildman–Crippen LogP) is 6.20. The van der Waals surface area contributed by atoms with Crippen molar-refractivity contribution in [2.24, 2.45) is 5.41 Å². The van der Waals surface area contributed by atoms with E-state index in [2.05, 4.69) is 36.1 Å². The molecule has 166 valence electrons. The lowest BCUT2D eigenvalue weighted by molar-refractivity contribution is -0.145. The zero-order chi connectivity index (χ0) is 23.1. The van der Waals surface area contributed by atoms with Gasteiger partial charge in [-0.2, -0.15) is 18.3 Å². The van der Waals surface area contributed by atoms with E-state index >= 15 is 0 Å². The third kappa shape index (κ3) is 2.71. The summed E-state index contributed by atoms with van der Waals surface area (Å²) in [5, 5.41) is 8.42. The molecule has 32 heavy (non-hydrogen) atoms. The molecule has 1 fully saturated rings. The third-order valence-electron chi connectivity index (χ3n) is 7.00. The Labute approximate surface area is 188 Å². The molecule has 3 aromatic rings. The monoisotopic (exact) mass is 510 g/mol. The SMILES string of the molecule is CC1(C)[C@H]2CC[C@]1(c1nc(C(F)(F)F)ncc1Br)c1nnc(-c3c(F)cccc3F)cc12. The first-order valence-electron chi connectivity index (χ1n) is 9.91. The van der Waals surface area contributed by atoms with Gasteiger partial charge in [-0.05, 0) is 63.9 Å². The molecular formula is C22H16BrF5N4.